The van der Waals surface area contributed by atoms with Crippen LogP contribution in [-0.2, 0) is 0 Å². The average Bonchev–Trinajstić information content (AvgIpc) is 3.47. The van der Waals surface area contributed by atoms with E-state index >= 15 is 0 Å². The van der Waals surface area contributed by atoms with Crippen molar-refractivity contribution in [1.82, 2.24) is 9.13 Å². The van der Waals surface area contributed by atoms with E-state index in [0.29, 0.717) is 0 Å². The smallest absolute Gasteiger partial charge is 0.0641 e. The number of aliphatic hydroxyl groups is 1. The maximum atomic E-state index is 7.00. The molecule has 182 valence electrons. The fourth-order valence-electron chi connectivity index (χ4n) is 5.39. The van der Waals surface area contributed by atoms with Gasteiger partial charge < -0.3 is 14.2 Å². The van der Waals surface area contributed by atoms with Gasteiger partial charge in [0.05, 0.1) is 22.1 Å². The summed E-state index contributed by atoms with van der Waals surface area (Å²) in [5.74, 6) is 0. The summed E-state index contributed by atoms with van der Waals surface area (Å²) in [4.78, 5) is 0. The minimum atomic E-state index is 0. The second kappa shape index (κ2) is 9.81. The van der Waals surface area contributed by atoms with Crippen LogP contribution in [-0.4, -0.2) is 21.4 Å². The molecule has 1 N–H and O–H groups in total. The molecule has 7 aromatic rings. The highest BCUT2D eigenvalue weighted by molar-refractivity contribution is 6.26. The number of aromatic nitrogens is 2. The number of aliphatic hydroxyl groups excluding tert-OH is 1. The summed E-state index contributed by atoms with van der Waals surface area (Å²) in [7, 11) is 1.00. The first-order valence-corrected chi connectivity index (χ1v) is 12.0. The average molecular weight is 483 g/mol. The largest absolute Gasteiger partial charge is 0.400 e. The highest BCUT2D eigenvalue weighted by Crippen LogP contribution is 2.41. The lowest BCUT2D eigenvalue weighted by atomic mass is 10.1. The molecule has 0 aliphatic carbocycles. The van der Waals surface area contributed by atoms with Crippen LogP contribution in [0, 0.1) is 0 Å². The van der Waals surface area contributed by atoms with Crippen molar-refractivity contribution < 1.29 is 5.11 Å². The predicted octanol–water partition coefficient (Wildman–Crippen LogP) is 8.77. The van der Waals surface area contributed by atoms with Crippen LogP contribution in [0.1, 0.15) is 13.0 Å². The van der Waals surface area contributed by atoms with Gasteiger partial charge in [0, 0.05) is 40.0 Å². The molecule has 0 fully saturated rings. The molecule has 0 amide bonds. The fourth-order valence-corrected chi connectivity index (χ4v) is 5.39. The molecule has 2 heterocycles. The predicted molar refractivity (Wildman–Crippen MR) is 160 cm³/mol. The van der Waals surface area contributed by atoms with Gasteiger partial charge >= 0.3 is 0 Å². The van der Waals surface area contributed by atoms with E-state index in [9.17, 15) is 0 Å². The number of para-hydroxylation sites is 3. The second-order valence-electron chi connectivity index (χ2n) is 8.69. The van der Waals surface area contributed by atoms with Gasteiger partial charge in [-0.25, -0.2) is 0 Å². The molecule has 0 radical (unpaired) electrons. The minimum absolute atomic E-state index is 0. The van der Waals surface area contributed by atoms with Crippen LogP contribution >= 0.6 is 0 Å². The van der Waals surface area contributed by atoms with E-state index in [-0.39, 0.29) is 7.43 Å². The van der Waals surface area contributed by atoms with Crippen molar-refractivity contribution in [2.45, 2.75) is 7.43 Å². The van der Waals surface area contributed by atoms with Crippen LogP contribution in [0.4, 0.5) is 0 Å². The van der Waals surface area contributed by atoms with Crippen molar-refractivity contribution in [3.63, 3.8) is 0 Å². The molecule has 0 spiro atoms. The molecule has 0 atom stereocenters. The lowest BCUT2D eigenvalue weighted by molar-refractivity contribution is 0.399. The standard InChI is InChI=1S/C32H22N2.CH4O.CH4/c1-2-22-16-18-24(19-17-22)34-28-14-8-6-12-25(28)26-20-21-30-31(32(26)34)27-13-7-9-15-29(27)33(30)23-10-4-3-5-11-23;1-2;/h2-21H,1H2;2H,1H3;1H4. The van der Waals surface area contributed by atoms with E-state index in [1.807, 2.05) is 6.08 Å². The van der Waals surface area contributed by atoms with Gasteiger partial charge in [-0.15, -0.1) is 0 Å². The molecule has 3 heteroatoms. The SMILES string of the molecule is C.C=Cc1ccc(-n2c3ccccc3c3ccc4c(c5ccccc5n4-c4ccccc4)c32)cc1.CO. The molecular weight excluding hydrogens is 452 g/mol. The molecule has 0 aliphatic heterocycles. The van der Waals surface area contributed by atoms with Crippen molar-refractivity contribution >= 4 is 49.7 Å². The molecule has 0 aliphatic rings. The molecule has 2 aromatic heterocycles. The van der Waals surface area contributed by atoms with Crippen LogP contribution in [0.2, 0.25) is 0 Å². The van der Waals surface area contributed by atoms with Gasteiger partial charge in [0.2, 0.25) is 0 Å². The Balaban J connectivity index is 0.000000913. The Morgan fingerprint density at radius 1 is 0.541 bits per heavy atom. The summed E-state index contributed by atoms with van der Waals surface area (Å²) in [6.07, 6.45) is 1.89. The zero-order valence-electron chi connectivity index (χ0n) is 20.1. The molecule has 0 unspecified atom stereocenters. The number of hydrogen-bond acceptors (Lipinski definition) is 1. The number of rotatable bonds is 3. The van der Waals surface area contributed by atoms with E-state index in [2.05, 4.69) is 131 Å². The molecular formula is C34H30N2O. The number of nitrogens with zero attached hydrogens (tertiary/aromatic N) is 2. The Bertz CT molecular complexity index is 1860. The highest BCUT2D eigenvalue weighted by Gasteiger charge is 2.20. The summed E-state index contributed by atoms with van der Waals surface area (Å²) in [5.41, 5.74) is 8.34. The topological polar surface area (TPSA) is 30.1 Å². The van der Waals surface area contributed by atoms with Gasteiger partial charge in [0.25, 0.3) is 0 Å². The zero-order chi connectivity index (χ0) is 24.6. The zero-order valence-corrected chi connectivity index (χ0v) is 20.1. The summed E-state index contributed by atoms with van der Waals surface area (Å²) in [5, 5.41) is 12.1. The van der Waals surface area contributed by atoms with Crippen LogP contribution in [0.25, 0.3) is 61.1 Å². The van der Waals surface area contributed by atoms with E-state index in [4.69, 9.17) is 5.11 Å². The monoisotopic (exact) mass is 482 g/mol. The van der Waals surface area contributed by atoms with Gasteiger partial charge in [0.1, 0.15) is 0 Å². The van der Waals surface area contributed by atoms with Gasteiger partial charge in [-0.3, -0.25) is 0 Å². The van der Waals surface area contributed by atoms with Gasteiger partial charge in [0.15, 0.2) is 0 Å². The molecule has 37 heavy (non-hydrogen) atoms. The van der Waals surface area contributed by atoms with Gasteiger partial charge in [-0.05, 0) is 48.0 Å². The third-order valence-corrected chi connectivity index (χ3v) is 6.87. The Labute approximate surface area is 217 Å². The maximum absolute atomic E-state index is 7.00. The van der Waals surface area contributed by atoms with Crippen LogP contribution in [0.5, 0.6) is 0 Å². The highest BCUT2D eigenvalue weighted by atomic mass is 16.2. The Morgan fingerprint density at radius 2 is 1.11 bits per heavy atom. The Kier molecular flexibility index (Phi) is 6.39. The number of hydrogen-bond donors (Lipinski definition) is 1. The number of fused-ring (bicyclic) bond motifs is 7. The second-order valence-corrected chi connectivity index (χ2v) is 8.69. The summed E-state index contributed by atoms with van der Waals surface area (Å²) in [6.45, 7) is 3.92. The molecule has 0 saturated heterocycles. The van der Waals surface area contributed by atoms with Gasteiger partial charge in [-0.2, -0.15) is 0 Å². The van der Waals surface area contributed by atoms with Crippen LogP contribution < -0.4 is 0 Å². The lowest BCUT2D eigenvalue weighted by Gasteiger charge is -2.10. The Hall–Kier alpha value is -4.60. The first-order chi connectivity index (χ1) is 17.8. The summed E-state index contributed by atoms with van der Waals surface area (Å²) >= 11 is 0. The minimum Gasteiger partial charge on any atom is -0.400 e. The molecule has 0 saturated carbocycles. The third kappa shape index (κ3) is 3.64. The van der Waals surface area contributed by atoms with Crippen molar-refractivity contribution in [2.24, 2.45) is 0 Å². The third-order valence-electron chi connectivity index (χ3n) is 6.87. The van der Waals surface area contributed by atoms with E-state index in [1.165, 1.54) is 49.3 Å². The molecule has 5 aromatic carbocycles. The van der Waals surface area contributed by atoms with Gasteiger partial charge in [-0.1, -0.05) is 92.9 Å². The molecule has 3 nitrogen and oxygen atoms in total. The lowest BCUT2D eigenvalue weighted by Crippen LogP contribution is -1.95. The molecule has 7 rings (SSSR count). The Morgan fingerprint density at radius 3 is 1.78 bits per heavy atom. The normalized spacial score (nSPS) is 10.9. The van der Waals surface area contributed by atoms with Crippen molar-refractivity contribution in [3.8, 4) is 11.4 Å². The molecule has 0 bridgehead atoms. The first-order valence-electron chi connectivity index (χ1n) is 12.0. The van der Waals surface area contributed by atoms with Crippen molar-refractivity contribution in [2.75, 3.05) is 7.11 Å². The fraction of sp³-hybridized carbons (Fsp3) is 0.0588. The van der Waals surface area contributed by atoms with Crippen molar-refractivity contribution in [1.29, 1.82) is 0 Å². The van der Waals surface area contributed by atoms with Crippen LogP contribution in [0.15, 0.2) is 122 Å². The number of benzene rings is 5. The maximum Gasteiger partial charge on any atom is 0.0641 e. The van der Waals surface area contributed by atoms with Crippen LogP contribution in [0.3, 0.4) is 0 Å². The quantitative estimate of drug-likeness (QED) is 0.268. The van der Waals surface area contributed by atoms with E-state index < -0.39 is 0 Å². The summed E-state index contributed by atoms with van der Waals surface area (Å²) < 4.78 is 4.80. The van der Waals surface area contributed by atoms with E-state index in [0.717, 1.165) is 18.4 Å². The van der Waals surface area contributed by atoms with Crippen molar-refractivity contribution in [3.05, 3.63) is 127 Å². The summed E-state index contributed by atoms with van der Waals surface area (Å²) in [6, 6.07) is 41.3. The van der Waals surface area contributed by atoms with E-state index in [1.54, 1.807) is 0 Å². The first kappa shape index (κ1) is 24.1.